The average molecular weight is 298 g/mol. The standard InChI is InChI=1S/C21H14O2/c22-16-19-11-5-7-13-21(19)23-20-12-6-4-10-18(20)15-14-17-8-2-1-3-9-17/h1-13,16H. The molecule has 0 unspecified atom stereocenters. The molecular formula is C21H14O2. The summed E-state index contributed by atoms with van der Waals surface area (Å²) in [7, 11) is 0. The number of aldehydes is 1. The van der Waals surface area contributed by atoms with E-state index in [9.17, 15) is 4.79 Å². The summed E-state index contributed by atoms with van der Waals surface area (Å²) in [6.07, 6.45) is 0.785. The number of hydrogen-bond acceptors (Lipinski definition) is 2. The van der Waals surface area contributed by atoms with Gasteiger partial charge < -0.3 is 4.74 Å². The maximum atomic E-state index is 11.1. The Hall–Kier alpha value is -3.31. The molecule has 0 saturated carbocycles. The molecule has 0 radical (unpaired) electrons. The quantitative estimate of drug-likeness (QED) is 0.518. The largest absolute Gasteiger partial charge is 0.455 e. The van der Waals surface area contributed by atoms with Crippen molar-refractivity contribution in [3.05, 3.63) is 95.6 Å². The van der Waals surface area contributed by atoms with E-state index in [4.69, 9.17) is 4.74 Å². The van der Waals surface area contributed by atoms with Crippen molar-refractivity contribution in [2.45, 2.75) is 0 Å². The topological polar surface area (TPSA) is 26.3 Å². The molecule has 3 aromatic rings. The molecule has 0 atom stereocenters. The fourth-order valence-corrected chi connectivity index (χ4v) is 2.11. The summed E-state index contributed by atoms with van der Waals surface area (Å²) in [5, 5.41) is 0. The van der Waals surface area contributed by atoms with Crippen LogP contribution in [0.1, 0.15) is 21.5 Å². The SMILES string of the molecule is O=Cc1ccccc1Oc1ccccc1C#Cc1ccccc1. The summed E-state index contributed by atoms with van der Waals surface area (Å²) < 4.78 is 5.89. The Morgan fingerprint density at radius 1 is 0.696 bits per heavy atom. The van der Waals surface area contributed by atoms with Crippen LogP contribution < -0.4 is 4.74 Å². The molecule has 0 saturated heterocycles. The molecule has 0 heterocycles. The number of benzene rings is 3. The average Bonchev–Trinajstić information content (AvgIpc) is 2.62. The Balaban J connectivity index is 1.93. The highest BCUT2D eigenvalue weighted by molar-refractivity contribution is 5.79. The summed E-state index contributed by atoms with van der Waals surface area (Å²) >= 11 is 0. The lowest BCUT2D eigenvalue weighted by Gasteiger charge is -2.09. The van der Waals surface area contributed by atoms with Crippen molar-refractivity contribution in [2.75, 3.05) is 0 Å². The molecule has 0 aliphatic rings. The van der Waals surface area contributed by atoms with Crippen molar-refractivity contribution in [3.8, 4) is 23.3 Å². The number of ether oxygens (including phenoxy) is 1. The Bertz CT molecular complexity index is 871. The minimum atomic E-state index is 0.512. The number of hydrogen-bond donors (Lipinski definition) is 0. The smallest absolute Gasteiger partial charge is 0.153 e. The zero-order chi connectivity index (χ0) is 15.9. The van der Waals surface area contributed by atoms with E-state index >= 15 is 0 Å². The third kappa shape index (κ3) is 3.66. The first-order valence-electron chi connectivity index (χ1n) is 7.25. The van der Waals surface area contributed by atoms with Crippen LogP contribution in [0.3, 0.4) is 0 Å². The number of para-hydroxylation sites is 2. The van der Waals surface area contributed by atoms with Gasteiger partial charge in [-0.3, -0.25) is 4.79 Å². The van der Waals surface area contributed by atoms with Gasteiger partial charge in [0.1, 0.15) is 11.5 Å². The monoisotopic (exact) mass is 298 g/mol. The molecule has 0 spiro atoms. The summed E-state index contributed by atoms with van der Waals surface area (Å²) in [5.74, 6) is 7.39. The molecule has 0 aliphatic carbocycles. The first-order valence-corrected chi connectivity index (χ1v) is 7.25. The van der Waals surface area contributed by atoms with Gasteiger partial charge in [-0.25, -0.2) is 0 Å². The van der Waals surface area contributed by atoms with Gasteiger partial charge in [0.25, 0.3) is 0 Å². The molecule has 0 bridgehead atoms. The maximum Gasteiger partial charge on any atom is 0.153 e. The van der Waals surface area contributed by atoms with Crippen molar-refractivity contribution in [1.82, 2.24) is 0 Å². The van der Waals surface area contributed by atoms with E-state index in [0.717, 1.165) is 17.4 Å². The Morgan fingerprint density at radius 2 is 1.35 bits per heavy atom. The normalized spacial score (nSPS) is 9.57. The van der Waals surface area contributed by atoms with E-state index in [1.807, 2.05) is 60.7 Å². The summed E-state index contributed by atoms with van der Waals surface area (Å²) in [4.78, 5) is 11.1. The highest BCUT2D eigenvalue weighted by Gasteiger charge is 2.06. The van der Waals surface area contributed by atoms with Crippen molar-refractivity contribution in [3.63, 3.8) is 0 Å². The molecule has 0 N–H and O–H groups in total. The van der Waals surface area contributed by atoms with Crippen molar-refractivity contribution < 1.29 is 9.53 Å². The first-order chi connectivity index (χ1) is 11.4. The van der Waals surface area contributed by atoms with Gasteiger partial charge in [0.2, 0.25) is 0 Å². The fourth-order valence-electron chi connectivity index (χ4n) is 2.11. The Morgan fingerprint density at radius 3 is 2.13 bits per heavy atom. The van der Waals surface area contributed by atoms with Gasteiger partial charge in [0, 0.05) is 5.56 Å². The lowest BCUT2D eigenvalue weighted by Crippen LogP contribution is -1.92. The minimum absolute atomic E-state index is 0.512. The van der Waals surface area contributed by atoms with Crippen LogP contribution in [0.25, 0.3) is 0 Å². The van der Waals surface area contributed by atoms with E-state index in [2.05, 4.69) is 11.8 Å². The second-order valence-corrected chi connectivity index (χ2v) is 4.87. The summed E-state index contributed by atoms with van der Waals surface area (Å²) in [6, 6.07) is 24.4. The molecule has 110 valence electrons. The lowest BCUT2D eigenvalue weighted by molar-refractivity contribution is 0.112. The number of rotatable bonds is 3. The van der Waals surface area contributed by atoms with Crippen molar-refractivity contribution in [2.24, 2.45) is 0 Å². The molecule has 0 amide bonds. The molecule has 0 fully saturated rings. The van der Waals surface area contributed by atoms with E-state index in [1.54, 1.807) is 18.2 Å². The van der Waals surface area contributed by atoms with E-state index in [0.29, 0.717) is 17.1 Å². The van der Waals surface area contributed by atoms with Crippen LogP contribution >= 0.6 is 0 Å². The van der Waals surface area contributed by atoms with Gasteiger partial charge in [0.15, 0.2) is 6.29 Å². The second kappa shape index (κ2) is 7.11. The van der Waals surface area contributed by atoms with Gasteiger partial charge in [0.05, 0.1) is 11.1 Å². The van der Waals surface area contributed by atoms with E-state index in [1.165, 1.54) is 0 Å². The Labute approximate surface area is 135 Å². The highest BCUT2D eigenvalue weighted by Crippen LogP contribution is 2.26. The van der Waals surface area contributed by atoms with Crippen molar-refractivity contribution in [1.29, 1.82) is 0 Å². The van der Waals surface area contributed by atoms with Gasteiger partial charge in [-0.05, 0) is 36.4 Å². The first kappa shape index (κ1) is 14.6. The molecule has 2 nitrogen and oxygen atoms in total. The van der Waals surface area contributed by atoms with Gasteiger partial charge in [-0.15, -0.1) is 0 Å². The van der Waals surface area contributed by atoms with Crippen LogP contribution in [0.5, 0.6) is 11.5 Å². The summed E-state index contributed by atoms with van der Waals surface area (Å²) in [6.45, 7) is 0. The fraction of sp³-hybridized carbons (Fsp3) is 0. The highest BCUT2D eigenvalue weighted by atomic mass is 16.5. The van der Waals surface area contributed by atoms with E-state index < -0.39 is 0 Å². The predicted molar refractivity (Wildman–Crippen MR) is 90.8 cm³/mol. The number of carbonyl (C=O) groups excluding carboxylic acids is 1. The minimum Gasteiger partial charge on any atom is -0.455 e. The van der Waals surface area contributed by atoms with Gasteiger partial charge in [-0.2, -0.15) is 0 Å². The molecule has 3 rings (SSSR count). The zero-order valence-corrected chi connectivity index (χ0v) is 12.4. The molecule has 0 aliphatic heterocycles. The van der Waals surface area contributed by atoms with Crippen LogP contribution in [-0.2, 0) is 0 Å². The van der Waals surface area contributed by atoms with Crippen LogP contribution in [0, 0.1) is 11.8 Å². The van der Waals surface area contributed by atoms with Crippen LogP contribution in [0.2, 0.25) is 0 Å². The number of carbonyl (C=O) groups is 1. The third-order valence-corrected chi connectivity index (χ3v) is 3.27. The van der Waals surface area contributed by atoms with Crippen LogP contribution in [0.4, 0.5) is 0 Å². The predicted octanol–water partition coefficient (Wildman–Crippen LogP) is 4.69. The zero-order valence-electron chi connectivity index (χ0n) is 12.4. The summed E-state index contributed by atoms with van der Waals surface area (Å²) in [5.41, 5.74) is 2.23. The molecule has 0 aromatic heterocycles. The molecule has 23 heavy (non-hydrogen) atoms. The second-order valence-electron chi connectivity index (χ2n) is 4.87. The third-order valence-electron chi connectivity index (χ3n) is 3.27. The van der Waals surface area contributed by atoms with Gasteiger partial charge >= 0.3 is 0 Å². The molecule has 2 heteroatoms. The van der Waals surface area contributed by atoms with Crippen LogP contribution in [0.15, 0.2) is 78.9 Å². The van der Waals surface area contributed by atoms with Crippen LogP contribution in [-0.4, -0.2) is 6.29 Å². The molecule has 3 aromatic carbocycles. The maximum absolute atomic E-state index is 11.1. The lowest BCUT2D eigenvalue weighted by atomic mass is 10.1. The van der Waals surface area contributed by atoms with E-state index in [-0.39, 0.29) is 0 Å². The molecular weight excluding hydrogens is 284 g/mol. The Kier molecular flexibility index (Phi) is 4.52. The van der Waals surface area contributed by atoms with Gasteiger partial charge in [-0.1, -0.05) is 54.3 Å². The van der Waals surface area contributed by atoms with Crippen molar-refractivity contribution >= 4 is 6.29 Å².